The first-order valence-corrected chi connectivity index (χ1v) is 20.2. The van der Waals surface area contributed by atoms with Gasteiger partial charge in [0.1, 0.15) is 22.3 Å². The van der Waals surface area contributed by atoms with Crippen LogP contribution in [-0.2, 0) is 0 Å². The highest BCUT2D eigenvalue weighted by molar-refractivity contribution is 6.11. The average Bonchev–Trinajstić information content (AvgIpc) is 3.90. The van der Waals surface area contributed by atoms with Crippen LogP contribution in [0.25, 0.3) is 122 Å². The monoisotopic (exact) mass is 766 g/mol. The van der Waals surface area contributed by atoms with Crippen molar-refractivity contribution in [2.45, 2.75) is 0 Å². The molecule has 0 amide bonds. The summed E-state index contributed by atoms with van der Waals surface area (Å²) in [7, 11) is 0. The number of nitrogens with zero attached hydrogens (tertiary/aromatic N) is 2. The van der Waals surface area contributed by atoms with Crippen molar-refractivity contribution in [3.05, 3.63) is 206 Å². The van der Waals surface area contributed by atoms with Crippen LogP contribution in [0.15, 0.2) is 215 Å². The van der Waals surface area contributed by atoms with Crippen molar-refractivity contribution < 1.29 is 8.83 Å². The molecule has 0 atom stereocenters. The van der Waals surface area contributed by atoms with E-state index in [9.17, 15) is 0 Å². The molecule has 4 nitrogen and oxygen atoms in total. The third-order valence-electron chi connectivity index (χ3n) is 11.7. The summed E-state index contributed by atoms with van der Waals surface area (Å²) in [4.78, 5) is 10.2. The number of aromatic nitrogens is 2. The highest BCUT2D eigenvalue weighted by Gasteiger charge is 2.18. The third-order valence-corrected chi connectivity index (χ3v) is 11.7. The number of para-hydroxylation sites is 4. The van der Waals surface area contributed by atoms with Crippen molar-refractivity contribution in [2.75, 3.05) is 0 Å². The lowest BCUT2D eigenvalue weighted by atomic mass is 9.91. The molecular weight excluding hydrogens is 733 g/mol. The molecule has 0 radical (unpaired) electrons. The van der Waals surface area contributed by atoms with Gasteiger partial charge in [0.15, 0.2) is 5.82 Å². The van der Waals surface area contributed by atoms with Gasteiger partial charge in [-0.1, -0.05) is 164 Å². The Balaban J connectivity index is 1.01. The van der Waals surface area contributed by atoms with Gasteiger partial charge in [-0.25, -0.2) is 9.97 Å². The second-order valence-electron chi connectivity index (χ2n) is 15.3. The molecule has 3 aromatic heterocycles. The molecule has 4 heteroatoms. The maximum atomic E-state index is 6.58. The van der Waals surface area contributed by atoms with Crippen molar-refractivity contribution >= 4 is 54.6 Å². The second-order valence-corrected chi connectivity index (χ2v) is 15.3. The molecule has 280 valence electrons. The summed E-state index contributed by atoms with van der Waals surface area (Å²) in [5, 5.41) is 6.79. The first-order chi connectivity index (χ1) is 29.7. The summed E-state index contributed by atoms with van der Waals surface area (Å²) in [6.45, 7) is 0. The van der Waals surface area contributed by atoms with Crippen LogP contribution in [-0.4, -0.2) is 9.97 Å². The van der Waals surface area contributed by atoms with Crippen LogP contribution in [0.3, 0.4) is 0 Å². The second kappa shape index (κ2) is 13.8. The predicted octanol–water partition coefficient (Wildman–Crippen LogP) is 15.4. The van der Waals surface area contributed by atoms with Crippen molar-refractivity contribution in [3.8, 4) is 67.3 Å². The molecule has 12 aromatic rings. The SMILES string of the molecule is c1ccc(-c2nc(-c3ccc(-c4cc(-c5cccc6c5oc5ccccc56)cc(-c5cccc6c5oc5ccccc56)c4)cc3)cc(-c3ccc4ccccc4c3)n2)cc1. The van der Waals surface area contributed by atoms with E-state index in [0.29, 0.717) is 5.82 Å². The largest absolute Gasteiger partial charge is 0.455 e. The number of fused-ring (bicyclic) bond motifs is 7. The van der Waals surface area contributed by atoms with Gasteiger partial charge in [-0.15, -0.1) is 0 Å². The fourth-order valence-electron chi connectivity index (χ4n) is 8.70. The maximum Gasteiger partial charge on any atom is 0.160 e. The Morgan fingerprint density at radius 1 is 0.283 bits per heavy atom. The zero-order valence-electron chi connectivity index (χ0n) is 32.3. The summed E-state index contributed by atoms with van der Waals surface area (Å²) < 4.78 is 13.2. The van der Waals surface area contributed by atoms with E-state index >= 15 is 0 Å². The Kier molecular flexibility index (Phi) is 7.82. The van der Waals surface area contributed by atoms with E-state index in [-0.39, 0.29) is 0 Å². The van der Waals surface area contributed by atoms with Crippen LogP contribution in [0, 0.1) is 0 Å². The van der Waals surface area contributed by atoms with Crippen molar-refractivity contribution in [1.82, 2.24) is 9.97 Å². The zero-order valence-corrected chi connectivity index (χ0v) is 32.3. The molecule has 0 unspecified atom stereocenters. The Labute approximate surface area is 345 Å². The van der Waals surface area contributed by atoms with Gasteiger partial charge in [-0.3, -0.25) is 0 Å². The summed E-state index contributed by atoms with van der Waals surface area (Å²) in [6, 6.07) is 72.2. The first-order valence-electron chi connectivity index (χ1n) is 20.2. The smallest absolute Gasteiger partial charge is 0.160 e. The Hall–Kier alpha value is -8.08. The molecule has 12 rings (SSSR count). The minimum absolute atomic E-state index is 0.692. The lowest BCUT2D eigenvalue weighted by molar-refractivity contribution is 0.670. The molecule has 0 saturated carbocycles. The van der Waals surface area contributed by atoms with Crippen LogP contribution in [0.2, 0.25) is 0 Å². The van der Waals surface area contributed by atoms with Gasteiger partial charge in [0.2, 0.25) is 0 Å². The highest BCUT2D eigenvalue weighted by Crippen LogP contribution is 2.42. The van der Waals surface area contributed by atoms with Crippen molar-refractivity contribution in [1.29, 1.82) is 0 Å². The fraction of sp³-hybridized carbons (Fsp3) is 0. The highest BCUT2D eigenvalue weighted by atomic mass is 16.3. The summed E-state index contributed by atoms with van der Waals surface area (Å²) >= 11 is 0. The molecule has 3 heterocycles. The van der Waals surface area contributed by atoms with E-state index in [4.69, 9.17) is 18.8 Å². The Morgan fingerprint density at radius 2 is 0.783 bits per heavy atom. The Bertz CT molecular complexity index is 3470. The van der Waals surface area contributed by atoms with Gasteiger partial charge in [0.05, 0.1) is 11.4 Å². The van der Waals surface area contributed by atoms with E-state index in [1.807, 2.05) is 42.5 Å². The number of benzene rings is 9. The van der Waals surface area contributed by atoms with E-state index in [0.717, 1.165) is 105 Å². The number of hydrogen-bond donors (Lipinski definition) is 0. The molecule has 0 aliphatic rings. The summed E-state index contributed by atoms with van der Waals surface area (Å²) in [5.41, 5.74) is 14.6. The number of furan rings is 2. The van der Waals surface area contributed by atoms with Gasteiger partial charge in [-0.2, -0.15) is 0 Å². The molecule has 0 spiro atoms. The van der Waals surface area contributed by atoms with Crippen LogP contribution in [0.1, 0.15) is 0 Å². The van der Waals surface area contributed by atoms with Gasteiger partial charge >= 0.3 is 0 Å². The molecule has 0 bridgehead atoms. The maximum absolute atomic E-state index is 6.58. The molecular formula is C56H34N2O2. The molecule has 0 aliphatic carbocycles. The van der Waals surface area contributed by atoms with Crippen LogP contribution in [0.5, 0.6) is 0 Å². The van der Waals surface area contributed by atoms with Crippen LogP contribution >= 0.6 is 0 Å². The fourth-order valence-corrected chi connectivity index (χ4v) is 8.70. The molecule has 9 aromatic carbocycles. The predicted molar refractivity (Wildman–Crippen MR) is 247 cm³/mol. The van der Waals surface area contributed by atoms with Crippen molar-refractivity contribution in [2.24, 2.45) is 0 Å². The third kappa shape index (κ3) is 5.77. The molecule has 0 fully saturated rings. The minimum Gasteiger partial charge on any atom is -0.455 e. The van der Waals surface area contributed by atoms with Gasteiger partial charge in [-0.05, 0) is 75.5 Å². The average molecular weight is 767 g/mol. The van der Waals surface area contributed by atoms with Crippen molar-refractivity contribution in [3.63, 3.8) is 0 Å². The van der Waals surface area contributed by atoms with Crippen LogP contribution < -0.4 is 0 Å². The van der Waals surface area contributed by atoms with Gasteiger partial charge < -0.3 is 8.83 Å². The van der Waals surface area contributed by atoms with Gasteiger partial charge in [0, 0.05) is 49.4 Å². The standard InChI is InChI=1S/C56H34N2O2/c1-2-13-38(14-3-1)56-57-50(34-51(58-56)40-29-26-35-12-4-5-15-39(35)30-40)37-27-24-36(25-28-37)41-31-42(44-18-10-20-48-46-16-6-8-22-52(46)59-54(44)48)33-43(32-41)45-19-11-21-49-47-17-7-9-23-53(47)60-55(45)49/h1-34H. The van der Waals surface area contributed by atoms with E-state index < -0.39 is 0 Å². The zero-order chi connectivity index (χ0) is 39.6. The number of rotatable bonds is 6. The van der Waals surface area contributed by atoms with E-state index in [1.165, 1.54) is 10.8 Å². The quantitative estimate of drug-likeness (QED) is 0.169. The topological polar surface area (TPSA) is 52.1 Å². The van der Waals surface area contributed by atoms with E-state index in [2.05, 4.69) is 164 Å². The summed E-state index contributed by atoms with van der Waals surface area (Å²) in [5.74, 6) is 0.692. The molecule has 0 aliphatic heterocycles. The number of hydrogen-bond acceptors (Lipinski definition) is 4. The van der Waals surface area contributed by atoms with Gasteiger partial charge in [0.25, 0.3) is 0 Å². The van der Waals surface area contributed by atoms with E-state index in [1.54, 1.807) is 0 Å². The first kappa shape index (κ1) is 34.0. The normalized spacial score (nSPS) is 11.7. The lowest BCUT2D eigenvalue weighted by Gasteiger charge is -2.13. The molecule has 0 N–H and O–H groups in total. The summed E-state index contributed by atoms with van der Waals surface area (Å²) in [6.07, 6.45) is 0. The molecule has 0 saturated heterocycles. The minimum atomic E-state index is 0.692. The lowest BCUT2D eigenvalue weighted by Crippen LogP contribution is -1.96. The molecule has 60 heavy (non-hydrogen) atoms. The Morgan fingerprint density at radius 3 is 1.43 bits per heavy atom. The van der Waals surface area contributed by atoms with Crippen LogP contribution in [0.4, 0.5) is 0 Å².